The van der Waals surface area contributed by atoms with E-state index >= 15 is 0 Å². The first kappa shape index (κ1) is 23.2. The van der Waals surface area contributed by atoms with E-state index in [4.69, 9.17) is 4.74 Å². The molecule has 1 N–H and O–H groups in total. The highest BCUT2D eigenvalue weighted by molar-refractivity contribution is 7.99. The van der Waals surface area contributed by atoms with Crippen molar-refractivity contribution in [1.29, 1.82) is 0 Å². The van der Waals surface area contributed by atoms with Crippen molar-refractivity contribution in [3.8, 4) is 5.75 Å². The fourth-order valence-electron chi connectivity index (χ4n) is 3.70. The summed E-state index contributed by atoms with van der Waals surface area (Å²) < 4.78 is 43.6. The maximum absolute atomic E-state index is 12.7. The maximum Gasteiger partial charge on any atom is 0.416 e. The van der Waals surface area contributed by atoms with Gasteiger partial charge in [-0.05, 0) is 60.6 Å². The highest BCUT2D eigenvalue weighted by Crippen LogP contribution is 2.29. The lowest BCUT2D eigenvalue weighted by Gasteiger charge is -2.30. The van der Waals surface area contributed by atoms with Gasteiger partial charge in [0.15, 0.2) is 5.16 Å². The zero-order valence-corrected chi connectivity index (χ0v) is 18.7. The Morgan fingerprint density at radius 2 is 1.70 bits per heavy atom. The number of hydrogen-bond donors (Lipinski definition) is 1. The second-order valence-electron chi connectivity index (χ2n) is 8.02. The number of piperidine rings is 1. The summed E-state index contributed by atoms with van der Waals surface area (Å²) in [4.78, 5) is 21.5. The number of hydrogen-bond acceptors (Lipinski definition) is 4. The van der Waals surface area contributed by atoms with Gasteiger partial charge < -0.3 is 14.6 Å². The van der Waals surface area contributed by atoms with Crippen LogP contribution in [0, 0.1) is 5.92 Å². The van der Waals surface area contributed by atoms with Gasteiger partial charge in [0, 0.05) is 31.2 Å². The van der Waals surface area contributed by atoms with Crippen LogP contribution in [0.3, 0.4) is 0 Å². The summed E-state index contributed by atoms with van der Waals surface area (Å²) in [6.07, 6.45) is 1.20. The molecule has 3 aromatic rings. The van der Waals surface area contributed by atoms with Crippen LogP contribution in [-0.4, -0.2) is 39.8 Å². The smallest absolute Gasteiger partial charge is 0.410 e. The molecule has 0 atom stereocenters. The Balaban J connectivity index is 1.23. The Kier molecular flexibility index (Phi) is 7.27. The number of imidazole rings is 1. The topological polar surface area (TPSA) is 58.2 Å². The SMILES string of the molecule is O=C(Oc1ccc(Cc2ccc(C(F)(F)F)cc2)cc1)N1CCC(CSc2ncc[nH]2)CC1. The minimum absolute atomic E-state index is 0.359. The summed E-state index contributed by atoms with van der Waals surface area (Å²) in [5, 5.41) is 0.915. The van der Waals surface area contributed by atoms with Crippen LogP contribution in [0.1, 0.15) is 29.5 Å². The third kappa shape index (κ3) is 6.54. The Morgan fingerprint density at radius 3 is 2.27 bits per heavy atom. The number of carbonyl (C=O) groups excluding carboxylic acids is 1. The van der Waals surface area contributed by atoms with Gasteiger partial charge in [0.1, 0.15) is 5.75 Å². The van der Waals surface area contributed by atoms with Crippen LogP contribution in [0.4, 0.5) is 18.0 Å². The molecule has 0 radical (unpaired) electrons. The Hall–Kier alpha value is -2.94. The Morgan fingerprint density at radius 1 is 1.06 bits per heavy atom. The molecule has 9 heteroatoms. The van der Waals surface area contributed by atoms with Crippen LogP contribution in [0.2, 0.25) is 0 Å². The van der Waals surface area contributed by atoms with Crippen LogP contribution >= 0.6 is 11.8 Å². The number of nitrogens with one attached hydrogen (secondary N) is 1. The predicted molar refractivity (Wildman–Crippen MR) is 120 cm³/mol. The minimum atomic E-state index is -4.34. The lowest BCUT2D eigenvalue weighted by atomic mass is 9.99. The highest BCUT2D eigenvalue weighted by Gasteiger charge is 2.30. The quantitative estimate of drug-likeness (QED) is 0.443. The molecule has 4 rings (SSSR count). The molecule has 0 spiro atoms. The van der Waals surface area contributed by atoms with Gasteiger partial charge in [-0.25, -0.2) is 9.78 Å². The number of carbonyl (C=O) groups is 1. The van der Waals surface area contributed by atoms with Crippen molar-refractivity contribution in [3.63, 3.8) is 0 Å². The first-order valence-corrected chi connectivity index (χ1v) is 11.7. The highest BCUT2D eigenvalue weighted by atomic mass is 32.2. The van der Waals surface area contributed by atoms with E-state index in [1.807, 2.05) is 18.3 Å². The molecule has 1 fully saturated rings. The predicted octanol–water partition coefficient (Wildman–Crippen LogP) is 6.02. The summed E-state index contributed by atoms with van der Waals surface area (Å²) in [5.41, 5.74) is 1.04. The normalized spacial score (nSPS) is 14.9. The number of likely N-dealkylation sites (tertiary alicyclic amines) is 1. The number of amides is 1. The van der Waals surface area contributed by atoms with Gasteiger partial charge in [-0.2, -0.15) is 13.2 Å². The number of rotatable bonds is 6. The number of halogens is 3. The molecule has 5 nitrogen and oxygen atoms in total. The molecule has 1 aliphatic heterocycles. The third-order valence-corrected chi connectivity index (χ3v) is 6.75. The van der Waals surface area contributed by atoms with Crippen LogP contribution in [-0.2, 0) is 12.6 Å². The van der Waals surface area contributed by atoms with Crippen LogP contribution in [0.25, 0.3) is 0 Å². The third-order valence-electron chi connectivity index (χ3n) is 5.62. The van der Waals surface area contributed by atoms with Crippen LogP contribution < -0.4 is 4.74 Å². The number of H-pyrrole nitrogens is 1. The van der Waals surface area contributed by atoms with Crippen molar-refractivity contribution in [1.82, 2.24) is 14.9 Å². The molecule has 174 valence electrons. The van der Waals surface area contributed by atoms with E-state index in [9.17, 15) is 18.0 Å². The Bertz CT molecular complexity index is 1030. The maximum atomic E-state index is 12.7. The average molecular weight is 476 g/mol. The van der Waals surface area contributed by atoms with Crippen molar-refractivity contribution >= 4 is 17.9 Å². The van der Waals surface area contributed by atoms with Gasteiger partial charge in [-0.1, -0.05) is 36.0 Å². The summed E-state index contributed by atoms with van der Waals surface area (Å²) >= 11 is 1.70. The van der Waals surface area contributed by atoms with E-state index in [-0.39, 0.29) is 6.09 Å². The van der Waals surface area contributed by atoms with Crippen molar-refractivity contribution in [2.75, 3.05) is 18.8 Å². The summed E-state index contributed by atoms with van der Waals surface area (Å²) in [6, 6.07) is 12.2. The molecule has 1 aliphatic rings. The number of benzene rings is 2. The molecule has 1 saturated heterocycles. The first-order valence-electron chi connectivity index (χ1n) is 10.7. The molecular formula is C24H24F3N3O2S. The minimum Gasteiger partial charge on any atom is -0.410 e. The number of alkyl halides is 3. The lowest BCUT2D eigenvalue weighted by Crippen LogP contribution is -2.40. The number of nitrogens with zero attached hydrogens (tertiary/aromatic N) is 2. The number of thioether (sulfide) groups is 1. The zero-order valence-electron chi connectivity index (χ0n) is 17.8. The molecule has 0 aliphatic carbocycles. The molecule has 0 saturated carbocycles. The molecule has 2 aromatic carbocycles. The molecule has 1 amide bonds. The molecule has 1 aromatic heterocycles. The summed E-state index contributed by atoms with van der Waals surface area (Å²) in [6.45, 7) is 1.32. The number of aromatic amines is 1. The molecule has 33 heavy (non-hydrogen) atoms. The average Bonchev–Trinajstić information content (AvgIpc) is 3.33. The van der Waals surface area contributed by atoms with Crippen molar-refractivity contribution in [3.05, 3.63) is 77.6 Å². The molecule has 2 heterocycles. The van der Waals surface area contributed by atoms with E-state index in [0.717, 1.165) is 47.0 Å². The lowest BCUT2D eigenvalue weighted by molar-refractivity contribution is -0.137. The molecular weight excluding hydrogens is 451 g/mol. The zero-order chi connectivity index (χ0) is 23.3. The van der Waals surface area contributed by atoms with E-state index < -0.39 is 11.7 Å². The summed E-state index contributed by atoms with van der Waals surface area (Å²) in [5.74, 6) is 1.96. The number of aromatic nitrogens is 2. The number of ether oxygens (including phenoxy) is 1. The second-order valence-corrected chi connectivity index (χ2v) is 9.03. The van der Waals surface area contributed by atoms with E-state index in [0.29, 0.717) is 31.2 Å². The largest absolute Gasteiger partial charge is 0.416 e. The van der Waals surface area contributed by atoms with Crippen LogP contribution in [0.5, 0.6) is 5.75 Å². The molecule has 0 bridgehead atoms. The van der Waals surface area contributed by atoms with Gasteiger partial charge >= 0.3 is 12.3 Å². The van der Waals surface area contributed by atoms with Gasteiger partial charge in [-0.15, -0.1) is 0 Å². The van der Waals surface area contributed by atoms with Gasteiger partial charge in [0.2, 0.25) is 0 Å². The first-order chi connectivity index (χ1) is 15.9. The molecule has 0 unspecified atom stereocenters. The summed E-state index contributed by atoms with van der Waals surface area (Å²) in [7, 11) is 0. The standard InChI is InChI=1S/C24H24F3N3O2S/c25-24(26,27)20-5-1-17(2-6-20)15-18-3-7-21(8-4-18)32-23(31)30-13-9-19(10-14-30)16-33-22-28-11-12-29-22/h1-8,11-12,19H,9-10,13-16H2,(H,28,29). The van der Waals surface area contributed by atoms with E-state index in [1.54, 1.807) is 35.0 Å². The van der Waals surface area contributed by atoms with Crippen molar-refractivity contribution in [2.24, 2.45) is 5.92 Å². The second kappa shape index (κ2) is 10.3. The Labute approximate surface area is 194 Å². The fraction of sp³-hybridized carbons (Fsp3) is 0.333. The van der Waals surface area contributed by atoms with Gasteiger partial charge in [0.25, 0.3) is 0 Å². The van der Waals surface area contributed by atoms with Gasteiger partial charge in [0.05, 0.1) is 5.56 Å². The van der Waals surface area contributed by atoms with Gasteiger partial charge in [-0.3, -0.25) is 0 Å². The monoisotopic (exact) mass is 475 g/mol. The van der Waals surface area contributed by atoms with E-state index in [1.165, 1.54) is 12.1 Å². The van der Waals surface area contributed by atoms with Crippen molar-refractivity contribution < 1.29 is 22.7 Å². The van der Waals surface area contributed by atoms with Crippen molar-refractivity contribution in [2.45, 2.75) is 30.6 Å². The fourth-order valence-corrected chi connectivity index (χ4v) is 4.71. The van der Waals surface area contributed by atoms with E-state index in [2.05, 4.69) is 9.97 Å². The van der Waals surface area contributed by atoms with Crippen LogP contribution in [0.15, 0.2) is 66.1 Å².